The van der Waals surface area contributed by atoms with E-state index < -0.39 is 11.7 Å². The van der Waals surface area contributed by atoms with Crippen molar-refractivity contribution < 1.29 is 17.9 Å². The van der Waals surface area contributed by atoms with Crippen LogP contribution in [0.15, 0.2) is 48.5 Å². The normalized spacial score (nSPS) is 11.8. The molecule has 0 unspecified atom stereocenters. The van der Waals surface area contributed by atoms with Gasteiger partial charge in [0, 0.05) is 11.8 Å². The van der Waals surface area contributed by atoms with Crippen molar-refractivity contribution >= 4 is 11.0 Å². The molecule has 6 nitrogen and oxygen atoms in total. The number of alkyl halides is 3. The molecule has 0 spiro atoms. The van der Waals surface area contributed by atoms with E-state index in [4.69, 9.17) is 4.74 Å². The average molecular weight is 413 g/mol. The van der Waals surface area contributed by atoms with Gasteiger partial charge in [0.05, 0.1) is 23.7 Å². The molecule has 0 fully saturated rings. The molecule has 0 amide bonds. The molecular formula is C21H18F3N5O. The van der Waals surface area contributed by atoms with Gasteiger partial charge in [-0.2, -0.15) is 13.2 Å². The van der Waals surface area contributed by atoms with E-state index in [2.05, 4.69) is 27.1 Å². The number of nitrogens with zero attached hydrogens (tertiary/aromatic N) is 5. The Morgan fingerprint density at radius 2 is 1.83 bits per heavy atom. The second-order valence-electron chi connectivity index (χ2n) is 6.67. The smallest absolute Gasteiger partial charge is 0.416 e. The monoisotopic (exact) mass is 413 g/mol. The summed E-state index contributed by atoms with van der Waals surface area (Å²) in [6.45, 7) is 2.05. The predicted molar refractivity (Wildman–Crippen MR) is 105 cm³/mol. The molecule has 4 rings (SSSR count). The zero-order valence-corrected chi connectivity index (χ0v) is 16.3. The van der Waals surface area contributed by atoms with Crippen molar-refractivity contribution in [2.24, 2.45) is 0 Å². The molecule has 0 saturated heterocycles. The summed E-state index contributed by atoms with van der Waals surface area (Å²) in [6.07, 6.45) is -2.75. The Morgan fingerprint density at radius 3 is 2.50 bits per heavy atom. The number of benzene rings is 1. The molecule has 9 heteroatoms. The third-order valence-corrected chi connectivity index (χ3v) is 4.59. The number of methoxy groups -OCH3 is 1. The standard InChI is InChI=1S/C21H18F3N5O/c1-3-5-14-6-4-7-15(25-14)20-26-16-12-13(21(22,23)24)8-9-17(16)29(20)18-10-11-19(30-2)28-27-18/h4,6-12H,3,5H2,1-2H3. The summed E-state index contributed by atoms with van der Waals surface area (Å²) >= 11 is 0. The number of rotatable bonds is 5. The highest BCUT2D eigenvalue weighted by atomic mass is 19.4. The fourth-order valence-corrected chi connectivity index (χ4v) is 3.20. The zero-order valence-electron chi connectivity index (χ0n) is 16.3. The maximum absolute atomic E-state index is 13.2. The van der Waals surface area contributed by atoms with Gasteiger partial charge < -0.3 is 4.74 Å². The molecule has 0 aliphatic carbocycles. The molecule has 0 saturated carbocycles. The highest BCUT2D eigenvalue weighted by Crippen LogP contribution is 2.34. The van der Waals surface area contributed by atoms with E-state index in [1.807, 2.05) is 12.1 Å². The quantitative estimate of drug-likeness (QED) is 0.468. The summed E-state index contributed by atoms with van der Waals surface area (Å²) in [4.78, 5) is 9.12. The molecule has 0 radical (unpaired) electrons. The molecule has 1 aromatic carbocycles. The minimum Gasteiger partial charge on any atom is -0.480 e. The lowest BCUT2D eigenvalue weighted by molar-refractivity contribution is -0.137. The first-order valence-electron chi connectivity index (χ1n) is 9.35. The van der Waals surface area contributed by atoms with E-state index in [9.17, 15) is 13.2 Å². The van der Waals surface area contributed by atoms with Gasteiger partial charge in [-0.3, -0.25) is 4.57 Å². The Hall–Kier alpha value is -3.49. The number of ether oxygens (including phenoxy) is 1. The number of aryl methyl sites for hydroxylation is 1. The molecule has 0 aliphatic rings. The molecule has 3 aromatic heterocycles. The molecule has 4 aromatic rings. The lowest BCUT2D eigenvalue weighted by atomic mass is 10.2. The van der Waals surface area contributed by atoms with Crippen molar-refractivity contribution in [1.29, 1.82) is 0 Å². The second kappa shape index (κ2) is 7.74. The SMILES string of the molecule is CCCc1cccc(-c2nc3cc(C(F)(F)F)ccc3n2-c2ccc(OC)nn2)n1. The van der Waals surface area contributed by atoms with E-state index in [1.54, 1.807) is 22.8 Å². The van der Waals surface area contributed by atoms with E-state index in [0.717, 1.165) is 30.7 Å². The van der Waals surface area contributed by atoms with Crippen molar-refractivity contribution in [3.63, 3.8) is 0 Å². The Labute approximate surface area is 170 Å². The number of imidazole rings is 1. The Balaban J connectivity index is 1.96. The van der Waals surface area contributed by atoms with Crippen LogP contribution >= 0.6 is 0 Å². The van der Waals surface area contributed by atoms with Gasteiger partial charge in [-0.05, 0) is 42.8 Å². The number of pyridine rings is 1. The first-order valence-corrected chi connectivity index (χ1v) is 9.35. The fraction of sp³-hybridized carbons (Fsp3) is 0.238. The summed E-state index contributed by atoms with van der Waals surface area (Å²) in [6, 6.07) is 12.3. The number of aromatic nitrogens is 5. The summed E-state index contributed by atoms with van der Waals surface area (Å²) in [5, 5.41) is 8.13. The van der Waals surface area contributed by atoms with Crippen molar-refractivity contribution in [1.82, 2.24) is 24.7 Å². The van der Waals surface area contributed by atoms with Gasteiger partial charge in [0.1, 0.15) is 5.69 Å². The van der Waals surface area contributed by atoms with E-state index in [0.29, 0.717) is 28.7 Å². The van der Waals surface area contributed by atoms with Crippen LogP contribution in [-0.4, -0.2) is 31.8 Å². The van der Waals surface area contributed by atoms with E-state index >= 15 is 0 Å². The van der Waals surface area contributed by atoms with Crippen molar-refractivity contribution in [2.45, 2.75) is 25.9 Å². The number of hydrogen-bond donors (Lipinski definition) is 0. The second-order valence-corrected chi connectivity index (χ2v) is 6.67. The molecule has 30 heavy (non-hydrogen) atoms. The Morgan fingerprint density at radius 1 is 1.00 bits per heavy atom. The van der Waals surface area contributed by atoms with Crippen LogP contribution in [0.25, 0.3) is 28.4 Å². The van der Waals surface area contributed by atoms with Crippen molar-refractivity contribution in [3.8, 4) is 23.2 Å². The molecule has 0 N–H and O–H groups in total. The number of fused-ring (bicyclic) bond motifs is 1. The van der Waals surface area contributed by atoms with Gasteiger partial charge in [0.25, 0.3) is 0 Å². The number of hydrogen-bond acceptors (Lipinski definition) is 5. The Bertz CT molecular complexity index is 1190. The summed E-state index contributed by atoms with van der Waals surface area (Å²) in [7, 11) is 1.48. The van der Waals surface area contributed by atoms with E-state index in [1.165, 1.54) is 13.2 Å². The van der Waals surface area contributed by atoms with Crippen LogP contribution in [0.2, 0.25) is 0 Å². The van der Waals surface area contributed by atoms with Gasteiger partial charge in [-0.1, -0.05) is 19.4 Å². The zero-order chi connectivity index (χ0) is 21.3. The van der Waals surface area contributed by atoms with Gasteiger partial charge in [0.2, 0.25) is 5.88 Å². The predicted octanol–water partition coefficient (Wildman–Crippen LogP) is 4.86. The average Bonchev–Trinajstić information content (AvgIpc) is 3.12. The van der Waals surface area contributed by atoms with Crippen LogP contribution in [0.5, 0.6) is 5.88 Å². The lowest BCUT2D eigenvalue weighted by Crippen LogP contribution is -2.05. The fourth-order valence-electron chi connectivity index (χ4n) is 3.20. The first-order chi connectivity index (χ1) is 14.4. The topological polar surface area (TPSA) is 65.7 Å². The van der Waals surface area contributed by atoms with Crippen LogP contribution in [0.3, 0.4) is 0 Å². The maximum Gasteiger partial charge on any atom is 0.416 e. The van der Waals surface area contributed by atoms with Crippen molar-refractivity contribution in [2.75, 3.05) is 7.11 Å². The molecule has 3 heterocycles. The van der Waals surface area contributed by atoms with Crippen molar-refractivity contribution in [3.05, 3.63) is 59.8 Å². The Kier molecular flexibility index (Phi) is 5.11. The van der Waals surface area contributed by atoms with Crippen LogP contribution < -0.4 is 4.74 Å². The summed E-state index contributed by atoms with van der Waals surface area (Å²) < 4.78 is 46.3. The lowest BCUT2D eigenvalue weighted by Gasteiger charge is -2.09. The molecular weight excluding hydrogens is 395 g/mol. The summed E-state index contributed by atoms with van der Waals surface area (Å²) in [5.41, 5.74) is 1.33. The van der Waals surface area contributed by atoms with Crippen LogP contribution in [-0.2, 0) is 12.6 Å². The molecule has 0 bridgehead atoms. The van der Waals surface area contributed by atoms with Gasteiger partial charge in [-0.15, -0.1) is 10.2 Å². The van der Waals surface area contributed by atoms with Crippen LogP contribution in [0, 0.1) is 0 Å². The maximum atomic E-state index is 13.2. The van der Waals surface area contributed by atoms with Gasteiger partial charge in [-0.25, -0.2) is 9.97 Å². The first kappa shape index (κ1) is 19.8. The van der Waals surface area contributed by atoms with Crippen LogP contribution in [0.1, 0.15) is 24.6 Å². The van der Waals surface area contributed by atoms with E-state index in [-0.39, 0.29) is 5.52 Å². The highest BCUT2D eigenvalue weighted by molar-refractivity contribution is 5.83. The minimum absolute atomic E-state index is 0.195. The summed E-state index contributed by atoms with van der Waals surface area (Å²) in [5.74, 6) is 1.12. The third-order valence-electron chi connectivity index (χ3n) is 4.59. The third kappa shape index (κ3) is 3.70. The largest absolute Gasteiger partial charge is 0.480 e. The molecule has 0 aliphatic heterocycles. The van der Waals surface area contributed by atoms with Gasteiger partial charge in [0.15, 0.2) is 11.6 Å². The van der Waals surface area contributed by atoms with Crippen LogP contribution in [0.4, 0.5) is 13.2 Å². The highest BCUT2D eigenvalue weighted by Gasteiger charge is 2.31. The van der Waals surface area contributed by atoms with Gasteiger partial charge >= 0.3 is 6.18 Å². The molecule has 154 valence electrons. The minimum atomic E-state index is -4.46. The number of halogens is 3. The molecule has 0 atom stereocenters.